The molecule has 0 fully saturated rings. The van der Waals surface area contributed by atoms with Gasteiger partial charge in [-0.05, 0) is 5.53 Å². The first-order chi connectivity index (χ1) is 5.31. The van der Waals surface area contributed by atoms with Crippen molar-refractivity contribution in [3.8, 4) is 0 Å². The quantitative estimate of drug-likeness (QED) is 0.204. The topological polar surface area (TPSA) is 78.2 Å². The van der Waals surface area contributed by atoms with Gasteiger partial charge in [0, 0.05) is 4.91 Å². The van der Waals surface area contributed by atoms with Crippen molar-refractivity contribution < 1.29 is 9.84 Å². The maximum atomic E-state index is 8.98. The van der Waals surface area contributed by atoms with Gasteiger partial charge >= 0.3 is 0 Å². The molecule has 0 saturated heterocycles. The third-order valence-electron chi connectivity index (χ3n) is 0.902. The highest BCUT2D eigenvalue weighted by Gasteiger charge is 2.00. The van der Waals surface area contributed by atoms with Crippen molar-refractivity contribution in [1.29, 1.82) is 0 Å². The summed E-state index contributed by atoms with van der Waals surface area (Å²) in [4.78, 5) is 2.49. The minimum atomic E-state index is -0.717. The molecular formula is C6H11N3O2. The summed E-state index contributed by atoms with van der Waals surface area (Å²) >= 11 is 0. The Hall–Kier alpha value is -1.03. The molecule has 5 nitrogen and oxygen atoms in total. The minimum Gasteiger partial charge on any atom is -0.391 e. The molecule has 1 atom stereocenters. The Labute approximate surface area is 64.9 Å². The van der Waals surface area contributed by atoms with E-state index < -0.39 is 6.10 Å². The van der Waals surface area contributed by atoms with E-state index in [0.29, 0.717) is 6.61 Å². The summed E-state index contributed by atoms with van der Waals surface area (Å²) in [5.41, 5.74) is 7.88. The highest BCUT2D eigenvalue weighted by atomic mass is 16.5. The van der Waals surface area contributed by atoms with Crippen LogP contribution < -0.4 is 0 Å². The molecule has 0 aromatic carbocycles. The van der Waals surface area contributed by atoms with Crippen molar-refractivity contribution in [3.05, 3.63) is 23.1 Å². The van der Waals surface area contributed by atoms with Gasteiger partial charge in [-0.2, -0.15) is 0 Å². The molecule has 0 amide bonds. The first kappa shape index (κ1) is 9.97. The number of azide groups is 1. The lowest BCUT2D eigenvalue weighted by Gasteiger charge is -2.05. The first-order valence-electron chi connectivity index (χ1n) is 3.18. The van der Waals surface area contributed by atoms with E-state index in [-0.39, 0.29) is 13.2 Å². The third-order valence-corrected chi connectivity index (χ3v) is 0.902. The second kappa shape index (κ2) is 7.08. The molecule has 0 rings (SSSR count). The second-order valence-corrected chi connectivity index (χ2v) is 1.89. The molecule has 0 aliphatic rings. The first-order valence-corrected chi connectivity index (χ1v) is 3.18. The van der Waals surface area contributed by atoms with E-state index in [2.05, 4.69) is 16.6 Å². The summed E-state index contributed by atoms with van der Waals surface area (Å²) in [6.45, 7) is 4.05. The van der Waals surface area contributed by atoms with Crippen molar-refractivity contribution in [2.45, 2.75) is 6.10 Å². The Morgan fingerprint density at radius 3 is 3.09 bits per heavy atom. The van der Waals surface area contributed by atoms with E-state index in [1.54, 1.807) is 6.08 Å². The van der Waals surface area contributed by atoms with Gasteiger partial charge in [-0.15, -0.1) is 6.58 Å². The zero-order valence-corrected chi connectivity index (χ0v) is 6.18. The fourth-order valence-corrected chi connectivity index (χ4v) is 0.471. The van der Waals surface area contributed by atoms with Crippen molar-refractivity contribution >= 4 is 0 Å². The van der Waals surface area contributed by atoms with Crippen molar-refractivity contribution in [1.82, 2.24) is 0 Å². The standard InChI is InChI=1S/C6H11N3O2/c1-2-3-11-5-6(10)4-8-9-7/h2,6,10H,1,3-5H2. The highest BCUT2D eigenvalue weighted by molar-refractivity contribution is 4.65. The van der Waals surface area contributed by atoms with E-state index in [0.717, 1.165) is 0 Å². The van der Waals surface area contributed by atoms with Crippen LogP contribution in [0.1, 0.15) is 0 Å². The Morgan fingerprint density at radius 2 is 2.55 bits per heavy atom. The van der Waals surface area contributed by atoms with Crippen molar-refractivity contribution in [2.75, 3.05) is 19.8 Å². The fourth-order valence-electron chi connectivity index (χ4n) is 0.471. The lowest BCUT2D eigenvalue weighted by atomic mass is 10.4. The Balaban J connectivity index is 3.28. The average molecular weight is 157 g/mol. The Morgan fingerprint density at radius 1 is 1.82 bits per heavy atom. The van der Waals surface area contributed by atoms with Gasteiger partial charge in [0.05, 0.1) is 25.9 Å². The lowest BCUT2D eigenvalue weighted by Crippen LogP contribution is -2.18. The third kappa shape index (κ3) is 6.86. The van der Waals surface area contributed by atoms with Crippen LogP contribution in [-0.4, -0.2) is 31.0 Å². The van der Waals surface area contributed by atoms with E-state index in [1.807, 2.05) is 0 Å². The largest absolute Gasteiger partial charge is 0.391 e. The van der Waals surface area contributed by atoms with E-state index in [9.17, 15) is 0 Å². The smallest absolute Gasteiger partial charge is 0.0830 e. The van der Waals surface area contributed by atoms with Crippen LogP contribution in [0.4, 0.5) is 0 Å². The molecule has 11 heavy (non-hydrogen) atoms. The van der Waals surface area contributed by atoms with Gasteiger partial charge in [0.2, 0.25) is 0 Å². The normalized spacial score (nSPS) is 11.7. The summed E-state index contributed by atoms with van der Waals surface area (Å²) in [6, 6.07) is 0. The van der Waals surface area contributed by atoms with Crippen molar-refractivity contribution in [3.63, 3.8) is 0 Å². The zero-order chi connectivity index (χ0) is 8.53. The molecule has 0 heterocycles. The number of ether oxygens (including phenoxy) is 1. The summed E-state index contributed by atoms with van der Waals surface area (Å²) in [5, 5.41) is 12.2. The molecule has 0 aliphatic carbocycles. The number of nitrogens with zero attached hydrogens (tertiary/aromatic N) is 3. The van der Waals surface area contributed by atoms with Crippen LogP contribution in [0.25, 0.3) is 10.4 Å². The van der Waals surface area contributed by atoms with Gasteiger partial charge < -0.3 is 9.84 Å². The van der Waals surface area contributed by atoms with Crippen LogP contribution in [0.5, 0.6) is 0 Å². The highest BCUT2D eigenvalue weighted by Crippen LogP contribution is 1.87. The number of rotatable bonds is 6. The SMILES string of the molecule is C=CCOCC(O)CN=[N+]=[N-]. The predicted octanol–water partition coefficient (Wildman–Crippen LogP) is 0.860. The van der Waals surface area contributed by atoms with Crippen LogP contribution in [0.3, 0.4) is 0 Å². The van der Waals surface area contributed by atoms with E-state index in [1.165, 1.54) is 0 Å². The lowest BCUT2D eigenvalue weighted by molar-refractivity contribution is 0.0544. The molecule has 0 aromatic rings. The second-order valence-electron chi connectivity index (χ2n) is 1.89. The molecule has 0 aliphatic heterocycles. The number of hydrogen-bond acceptors (Lipinski definition) is 3. The molecular weight excluding hydrogens is 146 g/mol. The summed E-state index contributed by atoms with van der Waals surface area (Å²) in [5.74, 6) is 0. The Bertz CT molecular complexity index is 154. The minimum absolute atomic E-state index is 0.0492. The maximum absolute atomic E-state index is 8.98. The molecule has 0 radical (unpaired) electrons. The van der Waals surface area contributed by atoms with Crippen LogP contribution >= 0.6 is 0 Å². The maximum Gasteiger partial charge on any atom is 0.0830 e. The average Bonchev–Trinajstić information content (AvgIpc) is 2.01. The van der Waals surface area contributed by atoms with Gasteiger partial charge in [0.25, 0.3) is 0 Å². The summed E-state index contributed by atoms with van der Waals surface area (Å²) in [6.07, 6.45) is 0.867. The van der Waals surface area contributed by atoms with E-state index >= 15 is 0 Å². The summed E-state index contributed by atoms with van der Waals surface area (Å²) < 4.78 is 4.89. The molecule has 5 heteroatoms. The molecule has 1 N–H and O–H groups in total. The fraction of sp³-hybridized carbons (Fsp3) is 0.667. The van der Waals surface area contributed by atoms with Gasteiger partial charge in [-0.3, -0.25) is 0 Å². The molecule has 62 valence electrons. The monoisotopic (exact) mass is 157 g/mol. The number of aliphatic hydroxyl groups excluding tert-OH is 1. The van der Waals surface area contributed by atoms with Gasteiger partial charge in [0.1, 0.15) is 0 Å². The molecule has 0 bridgehead atoms. The molecule has 1 unspecified atom stereocenters. The van der Waals surface area contributed by atoms with Crippen LogP contribution in [0, 0.1) is 0 Å². The molecule has 0 saturated carbocycles. The van der Waals surface area contributed by atoms with Crippen LogP contribution in [-0.2, 0) is 4.74 Å². The number of hydrogen-bond donors (Lipinski definition) is 1. The van der Waals surface area contributed by atoms with E-state index in [4.69, 9.17) is 15.4 Å². The van der Waals surface area contributed by atoms with Crippen LogP contribution in [0.15, 0.2) is 17.8 Å². The zero-order valence-electron chi connectivity index (χ0n) is 6.18. The van der Waals surface area contributed by atoms with Gasteiger partial charge in [0.15, 0.2) is 0 Å². The molecule has 0 aromatic heterocycles. The predicted molar refractivity (Wildman–Crippen MR) is 41.0 cm³/mol. The van der Waals surface area contributed by atoms with Crippen molar-refractivity contribution in [2.24, 2.45) is 5.11 Å². The summed E-state index contributed by atoms with van der Waals surface area (Å²) in [7, 11) is 0. The molecule has 0 spiro atoms. The Kier molecular flexibility index (Phi) is 6.42. The van der Waals surface area contributed by atoms with Gasteiger partial charge in [-0.25, -0.2) is 0 Å². The number of aliphatic hydroxyl groups is 1. The van der Waals surface area contributed by atoms with Gasteiger partial charge in [-0.1, -0.05) is 11.2 Å². The van der Waals surface area contributed by atoms with Crippen LogP contribution in [0.2, 0.25) is 0 Å².